The molecule has 0 spiro atoms. The Bertz CT molecular complexity index is 544. The van der Waals surface area contributed by atoms with E-state index < -0.39 is 10.9 Å². The van der Waals surface area contributed by atoms with Gasteiger partial charge in [0.15, 0.2) is 0 Å². The Morgan fingerprint density at radius 3 is 2.70 bits per heavy atom. The van der Waals surface area contributed by atoms with Crippen molar-refractivity contribution < 1.29 is 14.8 Å². The van der Waals surface area contributed by atoms with E-state index in [1.165, 1.54) is 6.07 Å². The fourth-order valence-electron chi connectivity index (χ4n) is 2.83. The number of nitro groups is 1. The molecule has 1 heterocycles. The van der Waals surface area contributed by atoms with Gasteiger partial charge in [0.2, 0.25) is 0 Å². The van der Waals surface area contributed by atoms with Crippen LogP contribution in [0.2, 0.25) is 0 Å². The second kappa shape index (κ2) is 5.48. The zero-order valence-corrected chi connectivity index (χ0v) is 11.6. The standard InChI is InChI=1S/C14H18N2O4/c1-9-7-12(16(19)20)3-4-13(9)15-6-5-11(14(17)18)8-10(15)2/h3-4,7,10-11H,5-6,8H2,1-2H3,(H,17,18). The van der Waals surface area contributed by atoms with Crippen LogP contribution in [-0.2, 0) is 4.79 Å². The predicted molar refractivity (Wildman–Crippen MR) is 75.0 cm³/mol. The average Bonchev–Trinajstić information content (AvgIpc) is 2.38. The van der Waals surface area contributed by atoms with Crippen LogP contribution in [0.15, 0.2) is 18.2 Å². The van der Waals surface area contributed by atoms with Crippen molar-refractivity contribution in [3.63, 3.8) is 0 Å². The van der Waals surface area contributed by atoms with E-state index in [0.29, 0.717) is 19.4 Å². The molecular formula is C14H18N2O4. The van der Waals surface area contributed by atoms with E-state index in [9.17, 15) is 14.9 Å². The smallest absolute Gasteiger partial charge is 0.306 e. The zero-order valence-electron chi connectivity index (χ0n) is 11.6. The van der Waals surface area contributed by atoms with Gasteiger partial charge in [-0.05, 0) is 38.3 Å². The second-order valence-corrected chi connectivity index (χ2v) is 5.33. The van der Waals surface area contributed by atoms with Gasteiger partial charge in [-0.25, -0.2) is 0 Å². The van der Waals surface area contributed by atoms with Crippen LogP contribution in [0.3, 0.4) is 0 Å². The second-order valence-electron chi connectivity index (χ2n) is 5.33. The molecule has 20 heavy (non-hydrogen) atoms. The van der Waals surface area contributed by atoms with Crippen LogP contribution < -0.4 is 4.90 Å². The molecule has 1 fully saturated rings. The summed E-state index contributed by atoms with van der Waals surface area (Å²) in [7, 11) is 0. The van der Waals surface area contributed by atoms with Crippen LogP contribution in [0.1, 0.15) is 25.3 Å². The molecule has 1 saturated heterocycles. The first-order valence-corrected chi connectivity index (χ1v) is 6.64. The number of carbonyl (C=O) groups is 1. The third-order valence-electron chi connectivity index (χ3n) is 3.93. The third kappa shape index (κ3) is 2.74. The molecule has 0 saturated carbocycles. The quantitative estimate of drug-likeness (QED) is 0.678. The maximum atomic E-state index is 11.0. The number of rotatable bonds is 3. The van der Waals surface area contributed by atoms with Crippen molar-refractivity contribution in [1.29, 1.82) is 0 Å². The lowest BCUT2D eigenvalue weighted by Crippen LogP contribution is -2.43. The number of carboxylic acid groups (broad SMARTS) is 1. The fourth-order valence-corrected chi connectivity index (χ4v) is 2.83. The van der Waals surface area contributed by atoms with Crippen LogP contribution in [0.25, 0.3) is 0 Å². The maximum absolute atomic E-state index is 11.0. The first-order valence-electron chi connectivity index (χ1n) is 6.64. The number of nitrogens with zero attached hydrogens (tertiary/aromatic N) is 2. The van der Waals surface area contributed by atoms with Crippen molar-refractivity contribution >= 4 is 17.3 Å². The van der Waals surface area contributed by atoms with Gasteiger partial charge >= 0.3 is 5.97 Å². The number of hydrogen-bond donors (Lipinski definition) is 1. The largest absolute Gasteiger partial charge is 0.481 e. The minimum atomic E-state index is -0.739. The average molecular weight is 278 g/mol. The molecule has 0 aromatic heterocycles. The van der Waals surface area contributed by atoms with Crippen molar-refractivity contribution in [3.8, 4) is 0 Å². The van der Waals surface area contributed by atoms with Gasteiger partial charge in [-0.3, -0.25) is 14.9 Å². The summed E-state index contributed by atoms with van der Waals surface area (Å²) in [6.45, 7) is 4.51. The summed E-state index contributed by atoms with van der Waals surface area (Å²) in [5.41, 5.74) is 1.88. The summed E-state index contributed by atoms with van der Waals surface area (Å²) in [5.74, 6) is -1.03. The molecule has 1 aromatic rings. The predicted octanol–water partition coefficient (Wildman–Crippen LogP) is 2.59. The molecule has 108 valence electrons. The number of hydrogen-bond acceptors (Lipinski definition) is 4. The summed E-state index contributed by atoms with van der Waals surface area (Å²) in [6.07, 6.45) is 1.21. The molecule has 1 aliphatic heterocycles. The van der Waals surface area contributed by atoms with Gasteiger partial charge in [0.05, 0.1) is 10.8 Å². The van der Waals surface area contributed by atoms with Gasteiger partial charge in [0, 0.05) is 30.4 Å². The molecule has 2 unspecified atom stereocenters. The molecular weight excluding hydrogens is 260 g/mol. The van der Waals surface area contributed by atoms with Gasteiger partial charge in [-0.2, -0.15) is 0 Å². The van der Waals surface area contributed by atoms with Crippen molar-refractivity contribution in [3.05, 3.63) is 33.9 Å². The van der Waals surface area contributed by atoms with Crippen LogP contribution in [0, 0.1) is 23.0 Å². The summed E-state index contributed by atoms with van der Waals surface area (Å²) < 4.78 is 0. The van der Waals surface area contributed by atoms with Gasteiger partial charge in [-0.1, -0.05) is 0 Å². The Hall–Kier alpha value is -2.11. The molecule has 0 bridgehead atoms. The molecule has 1 N–H and O–H groups in total. The molecule has 1 aliphatic rings. The number of benzene rings is 1. The summed E-state index contributed by atoms with van der Waals surface area (Å²) in [6, 6.07) is 4.93. The molecule has 2 rings (SSSR count). The van der Waals surface area contributed by atoms with E-state index >= 15 is 0 Å². The van der Waals surface area contributed by atoms with E-state index in [0.717, 1.165) is 11.3 Å². The van der Waals surface area contributed by atoms with Crippen LogP contribution in [0.5, 0.6) is 0 Å². The van der Waals surface area contributed by atoms with Crippen LogP contribution in [-0.4, -0.2) is 28.6 Å². The van der Waals surface area contributed by atoms with Crippen molar-refractivity contribution in [2.24, 2.45) is 5.92 Å². The lowest BCUT2D eigenvalue weighted by Gasteiger charge is -2.38. The number of aryl methyl sites for hydroxylation is 1. The molecule has 0 amide bonds. The third-order valence-corrected chi connectivity index (χ3v) is 3.93. The highest BCUT2D eigenvalue weighted by atomic mass is 16.6. The minimum absolute atomic E-state index is 0.0827. The highest BCUT2D eigenvalue weighted by Gasteiger charge is 2.30. The van der Waals surface area contributed by atoms with Crippen LogP contribution in [0.4, 0.5) is 11.4 Å². The number of carboxylic acids is 1. The van der Waals surface area contributed by atoms with Crippen LogP contribution >= 0.6 is 0 Å². The minimum Gasteiger partial charge on any atom is -0.481 e. The number of aliphatic carboxylic acids is 1. The van der Waals surface area contributed by atoms with Gasteiger partial charge < -0.3 is 10.0 Å². The summed E-state index contributed by atoms with van der Waals surface area (Å²) in [4.78, 5) is 23.5. The first-order chi connectivity index (χ1) is 9.40. The van der Waals surface area contributed by atoms with E-state index in [1.807, 2.05) is 13.8 Å². The summed E-state index contributed by atoms with van der Waals surface area (Å²) in [5, 5.41) is 19.8. The SMILES string of the molecule is Cc1cc([N+](=O)[O-])ccc1N1CCC(C(=O)O)CC1C. The van der Waals surface area contributed by atoms with E-state index in [1.54, 1.807) is 12.1 Å². The van der Waals surface area contributed by atoms with Gasteiger partial charge in [0.1, 0.15) is 0 Å². The van der Waals surface area contributed by atoms with Crippen molar-refractivity contribution in [2.45, 2.75) is 32.7 Å². The molecule has 0 radical (unpaired) electrons. The molecule has 2 atom stereocenters. The maximum Gasteiger partial charge on any atom is 0.306 e. The van der Waals surface area contributed by atoms with E-state index in [-0.39, 0.29) is 17.6 Å². The zero-order chi connectivity index (χ0) is 14.9. The Labute approximate surface area is 117 Å². The lowest BCUT2D eigenvalue weighted by atomic mass is 9.91. The highest BCUT2D eigenvalue weighted by Crippen LogP contribution is 2.32. The molecule has 0 aliphatic carbocycles. The monoisotopic (exact) mass is 278 g/mol. The topological polar surface area (TPSA) is 83.7 Å². The van der Waals surface area contributed by atoms with E-state index in [2.05, 4.69) is 4.90 Å². The Kier molecular flexibility index (Phi) is 3.92. The Morgan fingerprint density at radius 2 is 2.20 bits per heavy atom. The number of anilines is 1. The number of nitro benzene ring substituents is 1. The lowest BCUT2D eigenvalue weighted by molar-refractivity contribution is -0.384. The van der Waals surface area contributed by atoms with Crippen molar-refractivity contribution in [2.75, 3.05) is 11.4 Å². The van der Waals surface area contributed by atoms with Gasteiger partial charge in [0.25, 0.3) is 5.69 Å². The molecule has 6 nitrogen and oxygen atoms in total. The fraction of sp³-hybridized carbons (Fsp3) is 0.500. The van der Waals surface area contributed by atoms with E-state index in [4.69, 9.17) is 5.11 Å². The highest BCUT2D eigenvalue weighted by molar-refractivity contribution is 5.71. The summed E-state index contributed by atoms with van der Waals surface area (Å²) >= 11 is 0. The number of non-ortho nitro benzene ring substituents is 1. The Morgan fingerprint density at radius 1 is 1.50 bits per heavy atom. The van der Waals surface area contributed by atoms with Crippen molar-refractivity contribution in [1.82, 2.24) is 0 Å². The first kappa shape index (κ1) is 14.3. The van der Waals surface area contributed by atoms with Gasteiger partial charge in [-0.15, -0.1) is 0 Å². The molecule has 1 aromatic carbocycles. The normalized spacial score (nSPS) is 22.6. The Balaban J connectivity index is 2.20. The molecule has 6 heteroatoms. The number of piperidine rings is 1.